The van der Waals surface area contributed by atoms with E-state index in [1.54, 1.807) is 18.3 Å². The quantitative estimate of drug-likeness (QED) is 0.723. The zero-order valence-electron chi connectivity index (χ0n) is 11.3. The average Bonchev–Trinajstić information content (AvgIpc) is 2.56. The van der Waals surface area contributed by atoms with Crippen LogP contribution in [0, 0.1) is 0 Å². The normalized spacial score (nSPS) is 12.1. The molecule has 1 unspecified atom stereocenters. The number of benzene rings is 2. The van der Waals surface area contributed by atoms with Crippen molar-refractivity contribution in [3.8, 4) is 11.1 Å². The predicted octanol–water partition coefficient (Wildman–Crippen LogP) is 4.48. The molecule has 2 aromatic carbocycles. The Balaban J connectivity index is 1.85. The molecule has 0 amide bonds. The van der Waals surface area contributed by atoms with Gasteiger partial charge in [0, 0.05) is 11.8 Å². The van der Waals surface area contributed by atoms with Crippen LogP contribution >= 0.6 is 11.6 Å². The highest BCUT2D eigenvalue weighted by Gasteiger charge is 2.10. The molecule has 0 aliphatic rings. The number of rotatable bonds is 3. The lowest BCUT2D eigenvalue weighted by atomic mass is 9.99. The number of nitrogens with zero attached hydrogens (tertiary/aromatic N) is 1. The first-order valence-electron chi connectivity index (χ1n) is 6.69. The maximum atomic E-state index is 10.4. The second-order valence-corrected chi connectivity index (χ2v) is 5.19. The van der Waals surface area contributed by atoms with E-state index >= 15 is 0 Å². The van der Waals surface area contributed by atoms with Gasteiger partial charge in [0.1, 0.15) is 11.3 Å². The van der Waals surface area contributed by atoms with Crippen molar-refractivity contribution in [3.05, 3.63) is 89.2 Å². The van der Waals surface area contributed by atoms with Crippen LogP contribution in [-0.2, 0) is 0 Å². The van der Waals surface area contributed by atoms with E-state index in [1.165, 1.54) is 0 Å². The summed E-state index contributed by atoms with van der Waals surface area (Å²) in [6.07, 6.45) is 0.901. The molecule has 1 N–H and O–H groups in total. The highest BCUT2D eigenvalue weighted by molar-refractivity contribution is 6.29. The van der Waals surface area contributed by atoms with Crippen molar-refractivity contribution in [2.24, 2.45) is 0 Å². The molecule has 1 heterocycles. The topological polar surface area (TPSA) is 33.1 Å². The minimum atomic E-state index is -0.695. The Morgan fingerprint density at radius 2 is 1.38 bits per heavy atom. The lowest BCUT2D eigenvalue weighted by Gasteiger charge is -2.12. The van der Waals surface area contributed by atoms with E-state index in [0.29, 0.717) is 5.15 Å². The number of halogens is 1. The molecule has 104 valence electrons. The van der Waals surface area contributed by atoms with Gasteiger partial charge >= 0.3 is 0 Å². The Morgan fingerprint density at radius 3 is 2.00 bits per heavy atom. The number of hydrogen-bond acceptors (Lipinski definition) is 2. The Kier molecular flexibility index (Phi) is 4.00. The van der Waals surface area contributed by atoms with Gasteiger partial charge in [-0.1, -0.05) is 72.3 Å². The maximum Gasteiger partial charge on any atom is 0.129 e. The molecule has 0 fully saturated rings. The van der Waals surface area contributed by atoms with Crippen molar-refractivity contribution in [2.75, 3.05) is 0 Å². The Labute approximate surface area is 128 Å². The summed E-state index contributed by atoms with van der Waals surface area (Å²) in [6.45, 7) is 0. The van der Waals surface area contributed by atoms with Gasteiger partial charge in [-0.15, -0.1) is 0 Å². The minimum Gasteiger partial charge on any atom is -0.384 e. The van der Waals surface area contributed by atoms with E-state index in [2.05, 4.69) is 17.1 Å². The van der Waals surface area contributed by atoms with Gasteiger partial charge < -0.3 is 5.11 Å². The van der Waals surface area contributed by atoms with E-state index in [4.69, 9.17) is 11.6 Å². The highest BCUT2D eigenvalue weighted by Crippen LogP contribution is 2.25. The molecule has 0 saturated heterocycles. The highest BCUT2D eigenvalue weighted by atomic mass is 35.5. The molecule has 1 aromatic heterocycles. The summed E-state index contributed by atoms with van der Waals surface area (Å²) in [5, 5.41) is 10.8. The third-order valence-electron chi connectivity index (χ3n) is 3.40. The molecule has 1 atom stereocenters. The number of aliphatic hydroxyl groups excluding tert-OH is 1. The van der Waals surface area contributed by atoms with Crippen LogP contribution in [0.1, 0.15) is 17.2 Å². The molecule has 3 heteroatoms. The third kappa shape index (κ3) is 3.13. The summed E-state index contributed by atoms with van der Waals surface area (Å²) >= 11 is 5.76. The molecule has 3 rings (SSSR count). The van der Waals surface area contributed by atoms with Gasteiger partial charge in [0.25, 0.3) is 0 Å². The number of aromatic nitrogens is 1. The van der Waals surface area contributed by atoms with Crippen molar-refractivity contribution in [1.29, 1.82) is 0 Å². The van der Waals surface area contributed by atoms with Gasteiger partial charge in [0.2, 0.25) is 0 Å². The Bertz CT molecular complexity index is 708. The van der Waals surface area contributed by atoms with Crippen molar-refractivity contribution < 1.29 is 5.11 Å². The van der Waals surface area contributed by atoms with Crippen LogP contribution in [0.2, 0.25) is 5.15 Å². The number of pyridine rings is 1. The average molecular weight is 296 g/mol. The van der Waals surface area contributed by atoms with E-state index < -0.39 is 6.10 Å². The van der Waals surface area contributed by atoms with E-state index in [1.807, 2.05) is 42.5 Å². The lowest BCUT2D eigenvalue weighted by molar-refractivity contribution is 0.220. The summed E-state index contributed by atoms with van der Waals surface area (Å²) in [6, 6.07) is 21.5. The van der Waals surface area contributed by atoms with Crippen molar-refractivity contribution in [3.63, 3.8) is 0 Å². The van der Waals surface area contributed by atoms with Crippen molar-refractivity contribution >= 4 is 11.6 Å². The Morgan fingerprint density at radius 1 is 0.762 bits per heavy atom. The first-order valence-corrected chi connectivity index (χ1v) is 7.07. The van der Waals surface area contributed by atoms with E-state index in [9.17, 15) is 5.11 Å². The zero-order valence-corrected chi connectivity index (χ0v) is 12.0. The molecule has 2 nitrogen and oxygen atoms in total. The molecule has 0 aliphatic carbocycles. The van der Waals surface area contributed by atoms with Crippen LogP contribution in [0.25, 0.3) is 11.1 Å². The molecule has 3 aromatic rings. The first kappa shape index (κ1) is 13.8. The fourth-order valence-electron chi connectivity index (χ4n) is 2.23. The molecule has 0 bridgehead atoms. The lowest BCUT2D eigenvalue weighted by Crippen LogP contribution is -2.00. The molecule has 0 saturated carbocycles. The standard InChI is InChI=1S/C18H14ClNO/c19-17-11-10-16(12-20-17)18(21)15-8-6-14(7-9-15)13-4-2-1-3-5-13/h1-12,18,21H. The zero-order chi connectivity index (χ0) is 14.7. The molecule has 0 aliphatic heterocycles. The van der Waals surface area contributed by atoms with Gasteiger partial charge in [-0.25, -0.2) is 4.98 Å². The van der Waals surface area contributed by atoms with Crippen LogP contribution in [0.4, 0.5) is 0 Å². The fourth-order valence-corrected chi connectivity index (χ4v) is 2.34. The number of hydrogen-bond donors (Lipinski definition) is 1. The van der Waals surface area contributed by atoms with Crippen LogP contribution in [0.5, 0.6) is 0 Å². The number of aliphatic hydroxyl groups is 1. The van der Waals surface area contributed by atoms with Gasteiger partial charge in [0.05, 0.1) is 0 Å². The van der Waals surface area contributed by atoms with Crippen LogP contribution in [0.15, 0.2) is 72.9 Å². The maximum absolute atomic E-state index is 10.4. The summed E-state index contributed by atoms with van der Waals surface area (Å²) < 4.78 is 0. The van der Waals surface area contributed by atoms with Crippen molar-refractivity contribution in [2.45, 2.75) is 6.10 Å². The van der Waals surface area contributed by atoms with Gasteiger partial charge in [-0.05, 0) is 22.8 Å². The van der Waals surface area contributed by atoms with Crippen LogP contribution < -0.4 is 0 Å². The molecule has 0 radical (unpaired) electrons. The van der Waals surface area contributed by atoms with E-state index in [0.717, 1.165) is 22.3 Å². The summed E-state index contributed by atoms with van der Waals surface area (Å²) in [5.41, 5.74) is 3.85. The Hall–Kier alpha value is -2.16. The SMILES string of the molecule is OC(c1ccc(-c2ccccc2)cc1)c1ccc(Cl)nc1. The smallest absolute Gasteiger partial charge is 0.129 e. The van der Waals surface area contributed by atoms with Gasteiger partial charge in [0.15, 0.2) is 0 Å². The molecular weight excluding hydrogens is 282 g/mol. The van der Waals surface area contributed by atoms with E-state index in [-0.39, 0.29) is 0 Å². The summed E-state index contributed by atoms with van der Waals surface area (Å²) in [5.74, 6) is 0. The minimum absolute atomic E-state index is 0.422. The second-order valence-electron chi connectivity index (χ2n) is 4.80. The van der Waals surface area contributed by atoms with Crippen molar-refractivity contribution in [1.82, 2.24) is 4.98 Å². The van der Waals surface area contributed by atoms with Crippen LogP contribution in [-0.4, -0.2) is 10.1 Å². The van der Waals surface area contributed by atoms with Gasteiger partial charge in [-0.3, -0.25) is 0 Å². The largest absolute Gasteiger partial charge is 0.384 e. The molecular formula is C18H14ClNO. The van der Waals surface area contributed by atoms with Crippen LogP contribution in [0.3, 0.4) is 0 Å². The molecule has 0 spiro atoms. The predicted molar refractivity (Wildman–Crippen MR) is 85.2 cm³/mol. The summed E-state index contributed by atoms with van der Waals surface area (Å²) in [7, 11) is 0. The summed E-state index contributed by atoms with van der Waals surface area (Å²) in [4.78, 5) is 4.00. The monoisotopic (exact) mass is 295 g/mol. The first-order chi connectivity index (χ1) is 10.2. The third-order valence-corrected chi connectivity index (χ3v) is 3.62. The van der Waals surface area contributed by atoms with Gasteiger partial charge in [-0.2, -0.15) is 0 Å². The molecule has 21 heavy (non-hydrogen) atoms. The fraction of sp³-hybridized carbons (Fsp3) is 0.0556. The second kappa shape index (κ2) is 6.08.